The first kappa shape index (κ1) is 29.5. The number of piperazine rings is 1. The zero-order valence-electron chi connectivity index (χ0n) is 24.2. The van der Waals surface area contributed by atoms with E-state index in [-0.39, 0.29) is 5.56 Å². The van der Waals surface area contributed by atoms with Gasteiger partial charge in [-0.1, -0.05) is 37.8 Å². The summed E-state index contributed by atoms with van der Waals surface area (Å²) in [4.78, 5) is 20.3. The highest BCUT2D eigenvalue weighted by Crippen LogP contribution is 2.34. The minimum atomic E-state index is -0.589. The van der Waals surface area contributed by atoms with Gasteiger partial charge in [0, 0.05) is 74.2 Å². The molecular formula is C32H41ClFN5O2. The zero-order chi connectivity index (χ0) is 28.8. The van der Waals surface area contributed by atoms with Crippen molar-refractivity contribution in [3.63, 3.8) is 0 Å². The molecule has 41 heavy (non-hydrogen) atoms. The van der Waals surface area contributed by atoms with Crippen molar-refractivity contribution in [2.75, 3.05) is 50.8 Å². The summed E-state index contributed by atoms with van der Waals surface area (Å²) in [5.41, 5.74) is 3.59. The van der Waals surface area contributed by atoms with E-state index < -0.39 is 11.7 Å². The number of ether oxygens (including phenoxy) is 1. The predicted octanol–water partition coefficient (Wildman–Crippen LogP) is 5.93. The normalized spacial score (nSPS) is 15.9. The number of unbranched alkanes of at least 4 members (excludes halogenated alkanes) is 3. The van der Waals surface area contributed by atoms with Gasteiger partial charge in [0.2, 0.25) is 0 Å². The Morgan fingerprint density at radius 1 is 0.976 bits per heavy atom. The molecule has 2 aromatic carbocycles. The number of carbonyl (C=O) groups excluding carboxylic acids is 1. The number of hydrogen-bond donors (Lipinski definition) is 0. The molecule has 0 unspecified atom stereocenters. The summed E-state index contributed by atoms with van der Waals surface area (Å²) >= 11 is 6.28. The van der Waals surface area contributed by atoms with Gasteiger partial charge in [0.25, 0.3) is 5.91 Å². The summed E-state index contributed by atoms with van der Waals surface area (Å²) < 4.78 is 23.0. The number of rotatable bonds is 11. The van der Waals surface area contributed by atoms with Crippen LogP contribution in [-0.4, -0.2) is 71.4 Å². The van der Waals surface area contributed by atoms with Crippen LogP contribution in [-0.2, 0) is 20.0 Å². The molecule has 220 valence electrons. The van der Waals surface area contributed by atoms with E-state index in [1.807, 2.05) is 23.9 Å². The molecule has 3 aromatic rings. The second-order valence-corrected chi connectivity index (χ2v) is 11.6. The molecule has 1 saturated heterocycles. The maximum absolute atomic E-state index is 15.3. The summed E-state index contributed by atoms with van der Waals surface area (Å²) in [5, 5.41) is 4.96. The molecule has 9 heteroatoms. The first-order valence-corrected chi connectivity index (χ1v) is 15.3. The van der Waals surface area contributed by atoms with Gasteiger partial charge >= 0.3 is 0 Å². The summed E-state index contributed by atoms with van der Waals surface area (Å²) in [6, 6.07) is 9.98. The highest BCUT2D eigenvalue weighted by molar-refractivity contribution is 6.30. The number of benzene rings is 2. The van der Waals surface area contributed by atoms with Gasteiger partial charge in [-0.25, -0.2) is 4.39 Å². The Kier molecular flexibility index (Phi) is 9.96. The van der Waals surface area contributed by atoms with Crippen LogP contribution in [0.2, 0.25) is 5.02 Å². The Balaban J connectivity index is 1.15. The maximum Gasteiger partial charge on any atom is 0.261 e. The van der Waals surface area contributed by atoms with Gasteiger partial charge in [0.15, 0.2) is 0 Å². The van der Waals surface area contributed by atoms with Gasteiger partial charge in [0.1, 0.15) is 11.6 Å². The average molecular weight is 582 g/mol. The Morgan fingerprint density at radius 2 is 1.73 bits per heavy atom. The topological polar surface area (TPSA) is 53.8 Å². The van der Waals surface area contributed by atoms with E-state index >= 15 is 4.39 Å². The van der Waals surface area contributed by atoms with Gasteiger partial charge in [0.05, 0.1) is 24.9 Å². The fourth-order valence-electron chi connectivity index (χ4n) is 5.83. The minimum Gasteiger partial charge on any atom is -0.493 e. The van der Waals surface area contributed by atoms with Crippen molar-refractivity contribution in [2.45, 2.75) is 52.0 Å². The van der Waals surface area contributed by atoms with Gasteiger partial charge in [-0.3, -0.25) is 9.48 Å². The molecule has 1 fully saturated rings. The van der Waals surface area contributed by atoms with Crippen molar-refractivity contribution in [2.24, 2.45) is 7.05 Å². The zero-order valence-corrected chi connectivity index (χ0v) is 25.0. The molecule has 0 atom stereocenters. The summed E-state index contributed by atoms with van der Waals surface area (Å²) in [7, 11) is 1.88. The molecule has 2 aliphatic heterocycles. The second-order valence-electron chi connectivity index (χ2n) is 11.2. The van der Waals surface area contributed by atoms with Crippen molar-refractivity contribution >= 4 is 23.2 Å². The highest BCUT2D eigenvalue weighted by atomic mass is 35.5. The lowest BCUT2D eigenvalue weighted by Crippen LogP contribution is -2.46. The lowest BCUT2D eigenvalue weighted by molar-refractivity contribution is 0.0981. The number of amides is 1. The average Bonchev–Trinajstić information content (AvgIpc) is 3.22. The largest absolute Gasteiger partial charge is 0.493 e. The Bertz CT molecular complexity index is 1340. The van der Waals surface area contributed by atoms with E-state index in [1.165, 1.54) is 44.4 Å². The van der Waals surface area contributed by atoms with E-state index in [0.29, 0.717) is 30.3 Å². The van der Waals surface area contributed by atoms with Gasteiger partial charge in [-0.05, 0) is 55.3 Å². The lowest BCUT2D eigenvalue weighted by atomic mass is 10.1. The molecule has 3 heterocycles. The summed E-state index contributed by atoms with van der Waals surface area (Å²) in [5.74, 6) is -0.555. The Labute approximate surface area is 247 Å². The Morgan fingerprint density at radius 3 is 2.46 bits per heavy atom. The molecule has 0 N–H and O–H groups in total. The summed E-state index contributed by atoms with van der Waals surface area (Å²) in [6.45, 7) is 9.68. The third kappa shape index (κ3) is 7.29. The number of aromatic nitrogens is 2. The molecule has 0 saturated carbocycles. The lowest BCUT2D eigenvalue weighted by Gasteiger charge is -2.34. The molecule has 0 aliphatic carbocycles. The van der Waals surface area contributed by atoms with Crippen molar-refractivity contribution < 1.29 is 13.9 Å². The number of carbonyl (C=O) groups is 1. The summed E-state index contributed by atoms with van der Waals surface area (Å²) in [6.07, 6.45) is 8.48. The smallest absolute Gasteiger partial charge is 0.261 e. The molecule has 7 nitrogen and oxygen atoms in total. The van der Waals surface area contributed by atoms with Gasteiger partial charge in [-0.2, -0.15) is 5.10 Å². The standard InChI is InChI=1S/C32H41ClFN5O2/c1-3-4-5-6-12-37-14-16-38(17-15-37)13-7-18-41-27-9-10-28(29(34)21-27)32(40)39-23-25-22-35-36(2)31(25)20-24-19-26(33)8-11-30(24)39/h8-11,19,21-22H,3-7,12-18,20,23H2,1-2H3. The van der Waals surface area contributed by atoms with Crippen LogP contribution in [0.15, 0.2) is 42.6 Å². The number of anilines is 1. The molecule has 5 rings (SSSR count). The molecule has 0 bridgehead atoms. The van der Waals surface area contributed by atoms with Crippen molar-refractivity contribution in [3.05, 3.63) is 75.8 Å². The fourth-order valence-corrected chi connectivity index (χ4v) is 6.02. The van der Waals surface area contributed by atoms with Crippen LogP contribution in [0.4, 0.5) is 10.1 Å². The third-order valence-corrected chi connectivity index (χ3v) is 8.50. The molecule has 2 aliphatic rings. The molecule has 1 amide bonds. The number of halogens is 2. The van der Waals surface area contributed by atoms with Crippen LogP contribution >= 0.6 is 11.6 Å². The number of aryl methyl sites for hydroxylation is 1. The SMILES string of the molecule is CCCCCCN1CCN(CCCOc2ccc(C(=O)N3Cc4cnn(C)c4Cc4cc(Cl)ccc43)c(F)c2)CC1. The van der Waals surface area contributed by atoms with Gasteiger partial charge < -0.3 is 19.4 Å². The third-order valence-electron chi connectivity index (χ3n) is 8.26. The quantitative estimate of drug-likeness (QED) is 0.263. The highest BCUT2D eigenvalue weighted by Gasteiger charge is 2.28. The van der Waals surface area contributed by atoms with Crippen LogP contribution in [0.1, 0.15) is 66.2 Å². The minimum absolute atomic E-state index is 0.0122. The van der Waals surface area contributed by atoms with Crippen LogP contribution in [0, 0.1) is 5.82 Å². The van der Waals surface area contributed by atoms with Gasteiger partial charge in [-0.15, -0.1) is 0 Å². The van der Waals surface area contributed by atoms with Crippen LogP contribution in [0.3, 0.4) is 0 Å². The molecule has 1 aromatic heterocycles. The molecule has 0 radical (unpaired) electrons. The number of hydrogen-bond acceptors (Lipinski definition) is 5. The molecule has 0 spiro atoms. The number of nitrogens with zero attached hydrogens (tertiary/aromatic N) is 5. The number of fused-ring (bicyclic) bond motifs is 2. The van der Waals surface area contributed by atoms with E-state index in [1.54, 1.807) is 23.2 Å². The van der Waals surface area contributed by atoms with Crippen molar-refractivity contribution in [1.29, 1.82) is 0 Å². The van der Waals surface area contributed by atoms with Crippen LogP contribution in [0.25, 0.3) is 0 Å². The van der Waals surface area contributed by atoms with Crippen molar-refractivity contribution in [1.82, 2.24) is 19.6 Å². The first-order valence-electron chi connectivity index (χ1n) is 14.9. The monoisotopic (exact) mass is 581 g/mol. The van der Waals surface area contributed by atoms with Crippen molar-refractivity contribution in [3.8, 4) is 5.75 Å². The van der Waals surface area contributed by atoms with E-state index in [2.05, 4.69) is 21.8 Å². The van der Waals surface area contributed by atoms with E-state index in [0.717, 1.165) is 61.7 Å². The predicted molar refractivity (Wildman–Crippen MR) is 162 cm³/mol. The molecular weight excluding hydrogens is 541 g/mol. The Hall–Kier alpha value is -2.94. The van der Waals surface area contributed by atoms with E-state index in [9.17, 15) is 4.79 Å². The maximum atomic E-state index is 15.3. The van der Waals surface area contributed by atoms with Crippen LogP contribution < -0.4 is 9.64 Å². The second kappa shape index (κ2) is 13.8. The van der Waals surface area contributed by atoms with E-state index in [4.69, 9.17) is 16.3 Å². The fraction of sp³-hybridized carbons (Fsp3) is 0.500. The first-order chi connectivity index (χ1) is 19.9. The van der Waals surface area contributed by atoms with Crippen LogP contribution in [0.5, 0.6) is 5.75 Å².